The zero-order chi connectivity index (χ0) is 19.7. The Bertz CT molecular complexity index is 940. The average molecular weight is 380 g/mol. The number of nitrogens with one attached hydrogen (secondary N) is 4. The van der Waals surface area contributed by atoms with E-state index in [9.17, 15) is 4.79 Å². The second-order valence-corrected chi connectivity index (χ2v) is 7.03. The Morgan fingerprint density at radius 3 is 2.82 bits per heavy atom. The first-order chi connectivity index (χ1) is 13.5. The molecule has 0 saturated carbocycles. The molecule has 0 radical (unpaired) electrons. The van der Waals surface area contributed by atoms with Crippen molar-refractivity contribution in [3.8, 4) is 5.75 Å². The molecule has 146 valence electrons. The van der Waals surface area contributed by atoms with E-state index in [4.69, 9.17) is 10.5 Å². The van der Waals surface area contributed by atoms with Crippen LogP contribution in [0.3, 0.4) is 0 Å². The summed E-state index contributed by atoms with van der Waals surface area (Å²) in [5, 5.41) is 12.7. The first-order valence-electron chi connectivity index (χ1n) is 9.16. The molecule has 28 heavy (non-hydrogen) atoms. The summed E-state index contributed by atoms with van der Waals surface area (Å²) >= 11 is 0. The number of amides is 1. The fraction of sp³-hybridized carbons (Fsp3) is 0.300. The lowest BCUT2D eigenvalue weighted by Crippen LogP contribution is -2.51. The van der Waals surface area contributed by atoms with Gasteiger partial charge in [0.25, 0.3) is 0 Å². The third-order valence-corrected chi connectivity index (χ3v) is 5.00. The fourth-order valence-electron chi connectivity index (χ4n) is 3.45. The molecule has 0 bridgehead atoms. The number of hydrogen-bond donors (Lipinski definition) is 5. The van der Waals surface area contributed by atoms with E-state index in [1.54, 1.807) is 13.4 Å². The Labute approximate surface area is 163 Å². The van der Waals surface area contributed by atoms with Crippen molar-refractivity contribution in [3.05, 3.63) is 47.5 Å². The van der Waals surface area contributed by atoms with Crippen LogP contribution in [-0.4, -0.2) is 38.5 Å². The van der Waals surface area contributed by atoms with Crippen molar-refractivity contribution in [2.45, 2.75) is 18.6 Å². The zero-order valence-corrected chi connectivity index (χ0v) is 15.9. The van der Waals surface area contributed by atoms with Gasteiger partial charge in [0.2, 0.25) is 5.91 Å². The van der Waals surface area contributed by atoms with Gasteiger partial charge in [-0.3, -0.25) is 10.5 Å². The van der Waals surface area contributed by atoms with Crippen LogP contribution in [0.5, 0.6) is 5.75 Å². The highest BCUT2D eigenvalue weighted by atomic mass is 16.5. The van der Waals surface area contributed by atoms with Crippen LogP contribution < -0.4 is 31.7 Å². The summed E-state index contributed by atoms with van der Waals surface area (Å²) in [7, 11) is 1.65. The lowest BCUT2D eigenvalue weighted by molar-refractivity contribution is -0.114. The molecule has 2 heterocycles. The number of nitrogens with zero attached hydrogens (tertiary/aromatic N) is 1. The molecule has 1 saturated heterocycles. The summed E-state index contributed by atoms with van der Waals surface area (Å²) in [5.41, 5.74) is 9.69. The minimum absolute atomic E-state index is 0.136. The van der Waals surface area contributed by atoms with Gasteiger partial charge in [0.1, 0.15) is 5.75 Å². The standard InChI is InChI=1S/C20H24N6O2/c1-12(27)25-14-5-3-4-13(6-14)20(21)16-7-18(26-15-9-22-10-15)19(28-2)8-17(16)23-11-24-20/h3-8,11,15,22,26H,9-10,21H2,1-2H3,(H,23,24)(H,25,27). The molecule has 2 aromatic carbocycles. The Kier molecular flexibility index (Phi) is 4.66. The van der Waals surface area contributed by atoms with E-state index in [1.165, 1.54) is 6.92 Å². The monoisotopic (exact) mass is 380 g/mol. The molecule has 0 aliphatic carbocycles. The summed E-state index contributed by atoms with van der Waals surface area (Å²) in [6, 6.07) is 11.7. The summed E-state index contributed by atoms with van der Waals surface area (Å²) < 4.78 is 5.56. The minimum Gasteiger partial charge on any atom is -0.495 e. The molecule has 0 spiro atoms. The zero-order valence-electron chi connectivity index (χ0n) is 15.9. The Morgan fingerprint density at radius 2 is 2.14 bits per heavy atom. The molecule has 4 rings (SSSR count). The number of anilines is 3. The van der Waals surface area contributed by atoms with Gasteiger partial charge in [0, 0.05) is 42.9 Å². The van der Waals surface area contributed by atoms with E-state index in [0.29, 0.717) is 11.7 Å². The highest BCUT2D eigenvalue weighted by molar-refractivity contribution is 5.89. The molecule has 6 N–H and O–H groups in total. The SMILES string of the molecule is COc1cc2c(cc1NC1CNC1)C(N)(c1cccc(NC(C)=O)c1)N=CN2. The van der Waals surface area contributed by atoms with Gasteiger partial charge in [-0.15, -0.1) is 0 Å². The van der Waals surface area contributed by atoms with Crippen molar-refractivity contribution < 1.29 is 9.53 Å². The summed E-state index contributed by atoms with van der Waals surface area (Å²) in [4.78, 5) is 16.0. The number of aliphatic imine (C=N–C) groups is 1. The number of nitrogens with two attached hydrogens (primary N) is 1. The van der Waals surface area contributed by atoms with Crippen LogP contribution in [0, 0.1) is 0 Å². The normalized spacial score (nSPS) is 20.5. The van der Waals surface area contributed by atoms with Crippen LogP contribution in [0.15, 0.2) is 41.4 Å². The third kappa shape index (κ3) is 3.28. The number of ether oxygens (including phenoxy) is 1. The molecule has 2 aliphatic rings. The van der Waals surface area contributed by atoms with Gasteiger partial charge in [-0.2, -0.15) is 0 Å². The first kappa shape index (κ1) is 18.3. The molecule has 1 unspecified atom stereocenters. The lowest BCUT2D eigenvalue weighted by Gasteiger charge is -2.34. The molecular formula is C20H24N6O2. The highest BCUT2D eigenvalue weighted by Crippen LogP contribution is 2.42. The summed E-state index contributed by atoms with van der Waals surface area (Å²) in [5.74, 6) is 0.602. The quantitative estimate of drug-likeness (QED) is 0.539. The van der Waals surface area contributed by atoms with Gasteiger partial charge in [-0.1, -0.05) is 12.1 Å². The summed E-state index contributed by atoms with van der Waals surface area (Å²) in [6.45, 7) is 3.29. The number of carbonyl (C=O) groups excluding carboxylic acids is 1. The van der Waals surface area contributed by atoms with Crippen molar-refractivity contribution in [3.63, 3.8) is 0 Å². The smallest absolute Gasteiger partial charge is 0.221 e. The largest absolute Gasteiger partial charge is 0.495 e. The van der Waals surface area contributed by atoms with E-state index in [0.717, 1.165) is 41.3 Å². The molecule has 1 amide bonds. The second kappa shape index (κ2) is 7.14. The lowest BCUT2D eigenvalue weighted by atomic mass is 9.89. The van der Waals surface area contributed by atoms with Crippen LogP contribution in [0.4, 0.5) is 17.1 Å². The maximum atomic E-state index is 11.4. The van der Waals surface area contributed by atoms with Gasteiger partial charge >= 0.3 is 0 Å². The van der Waals surface area contributed by atoms with E-state index in [-0.39, 0.29) is 5.91 Å². The predicted octanol–water partition coefficient (Wildman–Crippen LogP) is 1.65. The van der Waals surface area contributed by atoms with Crippen molar-refractivity contribution in [2.75, 3.05) is 36.1 Å². The topological polar surface area (TPSA) is 113 Å². The number of rotatable bonds is 5. The molecule has 2 aromatic rings. The maximum Gasteiger partial charge on any atom is 0.221 e. The van der Waals surface area contributed by atoms with Crippen molar-refractivity contribution in [2.24, 2.45) is 10.7 Å². The number of methoxy groups -OCH3 is 1. The van der Waals surface area contributed by atoms with Crippen LogP contribution in [-0.2, 0) is 10.5 Å². The van der Waals surface area contributed by atoms with Gasteiger partial charge in [-0.25, -0.2) is 4.99 Å². The maximum absolute atomic E-state index is 11.4. The van der Waals surface area contributed by atoms with Crippen LogP contribution in [0.2, 0.25) is 0 Å². The Balaban J connectivity index is 1.77. The van der Waals surface area contributed by atoms with Crippen molar-refractivity contribution >= 4 is 29.3 Å². The van der Waals surface area contributed by atoms with E-state index < -0.39 is 5.66 Å². The second-order valence-electron chi connectivity index (χ2n) is 7.03. The molecule has 1 atom stereocenters. The molecule has 8 heteroatoms. The van der Waals surface area contributed by atoms with Crippen molar-refractivity contribution in [1.82, 2.24) is 5.32 Å². The minimum atomic E-state index is -1.09. The van der Waals surface area contributed by atoms with Crippen molar-refractivity contribution in [1.29, 1.82) is 0 Å². The first-order valence-corrected chi connectivity index (χ1v) is 9.16. The van der Waals surface area contributed by atoms with Gasteiger partial charge in [0.15, 0.2) is 5.66 Å². The molecule has 2 aliphatic heterocycles. The number of benzene rings is 2. The molecule has 1 fully saturated rings. The third-order valence-electron chi connectivity index (χ3n) is 5.00. The van der Waals surface area contributed by atoms with Crippen LogP contribution in [0.1, 0.15) is 18.1 Å². The van der Waals surface area contributed by atoms with E-state index >= 15 is 0 Å². The number of fused-ring (bicyclic) bond motifs is 1. The number of carbonyl (C=O) groups is 1. The van der Waals surface area contributed by atoms with Crippen LogP contribution >= 0.6 is 0 Å². The summed E-state index contributed by atoms with van der Waals surface area (Å²) in [6.07, 6.45) is 1.59. The Hall–Kier alpha value is -3.10. The highest BCUT2D eigenvalue weighted by Gasteiger charge is 2.35. The molecule has 0 aromatic heterocycles. The van der Waals surface area contributed by atoms with Crippen LogP contribution in [0.25, 0.3) is 0 Å². The van der Waals surface area contributed by atoms with E-state index in [1.807, 2.05) is 36.4 Å². The molecular weight excluding hydrogens is 356 g/mol. The predicted molar refractivity (Wildman–Crippen MR) is 111 cm³/mol. The van der Waals surface area contributed by atoms with Gasteiger partial charge in [0.05, 0.1) is 30.9 Å². The average Bonchev–Trinajstić information content (AvgIpc) is 2.64. The number of hydrogen-bond acceptors (Lipinski definition) is 7. The van der Waals surface area contributed by atoms with Gasteiger partial charge < -0.3 is 26.0 Å². The van der Waals surface area contributed by atoms with E-state index in [2.05, 4.69) is 26.3 Å². The van der Waals surface area contributed by atoms with Gasteiger partial charge in [-0.05, 0) is 18.2 Å². The molecule has 8 nitrogen and oxygen atoms in total. The Morgan fingerprint density at radius 1 is 1.32 bits per heavy atom. The fourth-order valence-corrected chi connectivity index (χ4v) is 3.45.